The highest BCUT2D eigenvalue weighted by molar-refractivity contribution is 5.76. The lowest BCUT2D eigenvalue weighted by Crippen LogP contribution is -2.49. The van der Waals surface area contributed by atoms with Gasteiger partial charge in [0.15, 0.2) is 0 Å². The summed E-state index contributed by atoms with van der Waals surface area (Å²) in [4.78, 5) is 22.2. The first-order valence-corrected chi connectivity index (χ1v) is 5.55. The summed E-state index contributed by atoms with van der Waals surface area (Å²) < 4.78 is 1.64. The summed E-state index contributed by atoms with van der Waals surface area (Å²) in [5, 5.41) is 18.0. The first-order valence-electron chi connectivity index (χ1n) is 5.55. The average molecular weight is 254 g/mol. The van der Waals surface area contributed by atoms with Gasteiger partial charge in [0.05, 0.1) is 18.7 Å². The lowest BCUT2D eigenvalue weighted by atomic mass is 10.0. The van der Waals surface area contributed by atoms with Crippen molar-refractivity contribution in [3.63, 3.8) is 0 Å². The van der Waals surface area contributed by atoms with Crippen LogP contribution in [0.3, 0.4) is 0 Å². The number of carbonyl (C=O) groups excluding carboxylic acids is 1. The van der Waals surface area contributed by atoms with Crippen molar-refractivity contribution in [3.8, 4) is 0 Å². The molecule has 7 nitrogen and oxygen atoms in total. The maximum absolute atomic E-state index is 11.6. The number of amides is 2. The molecule has 0 unspecified atom stereocenters. The molecule has 0 aliphatic rings. The first-order chi connectivity index (χ1) is 8.28. The van der Waals surface area contributed by atoms with E-state index in [-0.39, 0.29) is 6.42 Å². The van der Waals surface area contributed by atoms with Gasteiger partial charge in [-0.05, 0) is 19.9 Å². The smallest absolute Gasteiger partial charge is 0.315 e. The summed E-state index contributed by atoms with van der Waals surface area (Å²) in [5.41, 5.74) is -0.0521. The molecule has 7 heteroatoms. The fourth-order valence-corrected chi connectivity index (χ4v) is 1.50. The second-order valence-corrected chi connectivity index (χ2v) is 4.74. The number of nitrogens with zero attached hydrogens (tertiary/aromatic N) is 2. The van der Waals surface area contributed by atoms with Crippen molar-refractivity contribution in [2.45, 2.75) is 32.4 Å². The van der Waals surface area contributed by atoms with Crippen LogP contribution in [-0.4, -0.2) is 32.4 Å². The number of carboxylic acid groups (broad SMARTS) is 1. The monoisotopic (exact) mass is 254 g/mol. The van der Waals surface area contributed by atoms with E-state index in [1.54, 1.807) is 37.8 Å². The van der Waals surface area contributed by atoms with Crippen LogP contribution in [0.5, 0.6) is 0 Å². The zero-order valence-electron chi connectivity index (χ0n) is 10.7. The molecule has 18 heavy (non-hydrogen) atoms. The minimum Gasteiger partial charge on any atom is -0.481 e. The Morgan fingerprint density at radius 1 is 1.50 bits per heavy atom. The number of carbonyl (C=O) groups is 2. The Kier molecular flexibility index (Phi) is 4.30. The van der Waals surface area contributed by atoms with Crippen LogP contribution < -0.4 is 10.6 Å². The van der Waals surface area contributed by atoms with Gasteiger partial charge in [-0.3, -0.25) is 9.48 Å². The van der Waals surface area contributed by atoms with Crippen LogP contribution >= 0.6 is 0 Å². The molecule has 0 aliphatic carbocycles. The Morgan fingerprint density at radius 3 is 2.67 bits per heavy atom. The predicted molar refractivity (Wildman–Crippen MR) is 64.9 cm³/mol. The molecule has 0 saturated heterocycles. The number of hydrogen-bond donors (Lipinski definition) is 3. The number of aliphatic carboxylic acids is 1. The highest BCUT2D eigenvalue weighted by atomic mass is 16.4. The maximum Gasteiger partial charge on any atom is 0.315 e. The third kappa shape index (κ3) is 4.86. The molecule has 1 aromatic heterocycles. The summed E-state index contributed by atoms with van der Waals surface area (Å²) in [6.45, 7) is 3.61. The number of urea groups is 1. The Labute approximate surface area is 105 Å². The fourth-order valence-electron chi connectivity index (χ4n) is 1.50. The zero-order valence-corrected chi connectivity index (χ0v) is 10.7. The van der Waals surface area contributed by atoms with Crippen molar-refractivity contribution in [3.05, 3.63) is 18.0 Å². The van der Waals surface area contributed by atoms with Gasteiger partial charge in [-0.25, -0.2) is 4.79 Å². The predicted octanol–water partition coefficient (Wildman–Crippen LogP) is 0.473. The molecule has 0 aromatic carbocycles. The minimum atomic E-state index is -0.954. The third-order valence-electron chi connectivity index (χ3n) is 2.24. The second kappa shape index (κ2) is 5.52. The van der Waals surface area contributed by atoms with Gasteiger partial charge in [0.25, 0.3) is 0 Å². The van der Waals surface area contributed by atoms with E-state index in [0.29, 0.717) is 6.54 Å². The van der Waals surface area contributed by atoms with Crippen LogP contribution in [0, 0.1) is 0 Å². The van der Waals surface area contributed by atoms with Gasteiger partial charge in [-0.2, -0.15) is 5.10 Å². The zero-order chi connectivity index (χ0) is 13.8. The van der Waals surface area contributed by atoms with Gasteiger partial charge < -0.3 is 15.7 Å². The Bertz CT molecular complexity index is 439. The van der Waals surface area contributed by atoms with Crippen molar-refractivity contribution in [2.24, 2.45) is 7.05 Å². The van der Waals surface area contributed by atoms with Crippen molar-refractivity contribution < 1.29 is 14.7 Å². The van der Waals surface area contributed by atoms with Crippen LogP contribution in [0.1, 0.15) is 26.0 Å². The van der Waals surface area contributed by atoms with Gasteiger partial charge in [0.2, 0.25) is 0 Å². The number of carboxylic acids is 1. The van der Waals surface area contributed by atoms with E-state index < -0.39 is 17.5 Å². The number of rotatable bonds is 5. The van der Waals surface area contributed by atoms with Crippen LogP contribution in [0.15, 0.2) is 12.3 Å². The maximum atomic E-state index is 11.6. The SMILES string of the molecule is Cn1ccc(CNC(=O)NC(C)(C)CC(=O)O)n1. The lowest BCUT2D eigenvalue weighted by Gasteiger charge is -2.24. The van der Waals surface area contributed by atoms with E-state index in [0.717, 1.165) is 5.69 Å². The van der Waals surface area contributed by atoms with Crippen LogP contribution in [0.4, 0.5) is 4.79 Å². The number of aromatic nitrogens is 2. The molecule has 0 radical (unpaired) electrons. The van der Waals surface area contributed by atoms with Gasteiger partial charge in [-0.15, -0.1) is 0 Å². The van der Waals surface area contributed by atoms with Crippen molar-refractivity contribution >= 4 is 12.0 Å². The van der Waals surface area contributed by atoms with E-state index in [9.17, 15) is 9.59 Å². The number of aryl methyl sites for hydroxylation is 1. The van der Waals surface area contributed by atoms with E-state index in [2.05, 4.69) is 15.7 Å². The highest BCUT2D eigenvalue weighted by Gasteiger charge is 2.23. The topological polar surface area (TPSA) is 96.2 Å². The molecule has 0 fully saturated rings. The molecule has 0 saturated carbocycles. The van der Waals surface area contributed by atoms with Gasteiger partial charge in [0.1, 0.15) is 0 Å². The van der Waals surface area contributed by atoms with Crippen molar-refractivity contribution in [1.82, 2.24) is 20.4 Å². The Balaban J connectivity index is 2.39. The minimum absolute atomic E-state index is 0.135. The average Bonchev–Trinajstić information content (AvgIpc) is 2.58. The number of hydrogen-bond acceptors (Lipinski definition) is 3. The van der Waals surface area contributed by atoms with Crippen LogP contribution in [-0.2, 0) is 18.4 Å². The molecule has 1 heterocycles. The molecule has 1 aromatic rings. The van der Waals surface area contributed by atoms with E-state index >= 15 is 0 Å². The molecule has 0 atom stereocenters. The fraction of sp³-hybridized carbons (Fsp3) is 0.545. The van der Waals surface area contributed by atoms with E-state index in [1.807, 2.05) is 0 Å². The summed E-state index contributed by atoms with van der Waals surface area (Å²) >= 11 is 0. The molecular weight excluding hydrogens is 236 g/mol. The lowest BCUT2D eigenvalue weighted by molar-refractivity contribution is -0.138. The molecule has 100 valence electrons. The molecule has 3 N–H and O–H groups in total. The molecule has 2 amide bonds. The first kappa shape index (κ1) is 14.0. The van der Waals surface area contributed by atoms with Crippen LogP contribution in [0.25, 0.3) is 0 Å². The van der Waals surface area contributed by atoms with Crippen LogP contribution in [0.2, 0.25) is 0 Å². The molecular formula is C11H18N4O3. The van der Waals surface area contributed by atoms with Crippen molar-refractivity contribution in [1.29, 1.82) is 0 Å². The van der Waals surface area contributed by atoms with Gasteiger partial charge in [-0.1, -0.05) is 0 Å². The van der Waals surface area contributed by atoms with Gasteiger partial charge >= 0.3 is 12.0 Å². The van der Waals surface area contributed by atoms with E-state index in [1.165, 1.54) is 0 Å². The third-order valence-corrected chi connectivity index (χ3v) is 2.24. The quantitative estimate of drug-likeness (QED) is 0.711. The summed E-state index contributed by atoms with van der Waals surface area (Å²) in [5.74, 6) is -0.954. The Morgan fingerprint density at radius 2 is 2.17 bits per heavy atom. The largest absolute Gasteiger partial charge is 0.481 e. The molecule has 0 bridgehead atoms. The summed E-state index contributed by atoms with van der Waals surface area (Å²) in [6, 6.07) is 1.38. The summed E-state index contributed by atoms with van der Waals surface area (Å²) in [6.07, 6.45) is 1.65. The normalized spacial score (nSPS) is 11.1. The molecule has 0 aliphatic heterocycles. The molecule has 1 rings (SSSR count). The number of nitrogens with one attached hydrogen (secondary N) is 2. The highest BCUT2D eigenvalue weighted by Crippen LogP contribution is 2.07. The van der Waals surface area contributed by atoms with Gasteiger partial charge in [0, 0.05) is 18.8 Å². The Hall–Kier alpha value is -2.05. The standard InChI is InChI=1S/C11H18N4O3/c1-11(2,6-9(16)17)13-10(18)12-7-8-4-5-15(3)14-8/h4-5H,6-7H2,1-3H3,(H,16,17)(H2,12,13,18). The second-order valence-electron chi connectivity index (χ2n) is 4.74. The van der Waals surface area contributed by atoms with Crippen molar-refractivity contribution in [2.75, 3.05) is 0 Å². The van der Waals surface area contributed by atoms with E-state index in [4.69, 9.17) is 5.11 Å². The summed E-state index contributed by atoms with van der Waals surface area (Å²) in [7, 11) is 1.79. The molecule has 0 spiro atoms.